The first kappa shape index (κ1) is 16.0. The molecular formula is C17H11BrN4O2S. The Morgan fingerprint density at radius 1 is 0.800 bits per heavy atom. The minimum Gasteiger partial charge on any atom is -0.420 e. The molecule has 124 valence electrons. The molecule has 0 radical (unpaired) electrons. The summed E-state index contributed by atoms with van der Waals surface area (Å²) in [5, 5.41) is 16.7. The zero-order valence-corrected chi connectivity index (χ0v) is 15.2. The van der Waals surface area contributed by atoms with E-state index in [1.165, 1.54) is 11.8 Å². The standard InChI is InChI=1S/C17H11BrN4O2S/c18-13-9-5-4-8-12(13)16-21-19-14(23-16)10-25-17-22-20-15(24-17)11-6-2-1-3-7-11/h1-9H,10H2. The lowest BCUT2D eigenvalue weighted by atomic mass is 10.2. The van der Waals surface area contributed by atoms with Gasteiger partial charge in [-0.05, 0) is 40.2 Å². The second-order valence-corrected chi connectivity index (χ2v) is 6.79. The van der Waals surface area contributed by atoms with Crippen molar-refractivity contribution in [1.82, 2.24) is 20.4 Å². The molecule has 8 heteroatoms. The van der Waals surface area contributed by atoms with Gasteiger partial charge in [0.2, 0.25) is 17.7 Å². The van der Waals surface area contributed by atoms with Crippen LogP contribution in [0.25, 0.3) is 22.9 Å². The monoisotopic (exact) mass is 414 g/mol. The van der Waals surface area contributed by atoms with Crippen LogP contribution in [-0.2, 0) is 5.75 Å². The van der Waals surface area contributed by atoms with E-state index in [0.717, 1.165) is 15.6 Å². The highest BCUT2D eigenvalue weighted by Crippen LogP contribution is 2.29. The second-order valence-electron chi connectivity index (χ2n) is 5.01. The van der Waals surface area contributed by atoms with E-state index in [2.05, 4.69) is 36.3 Å². The molecule has 25 heavy (non-hydrogen) atoms. The second kappa shape index (κ2) is 7.20. The molecule has 0 aliphatic rings. The van der Waals surface area contributed by atoms with Gasteiger partial charge in [-0.25, -0.2) is 0 Å². The fraction of sp³-hybridized carbons (Fsp3) is 0.0588. The van der Waals surface area contributed by atoms with Crippen molar-refractivity contribution in [2.24, 2.45) is 0 Å². The van der Waals surface area contributed by atoms with Crippen LogP contribution in [-0.4, -0.2) is 20.4 Å². The van der Waals surface area contributed by atoms with E-state index in [0.29, 0.717) is 28.6 Å². The summed E-state index contributed by atoms with van der Waals surface area (Å²) in [7, 11) is 0. The van der Waals surface area contributed by atoms with E-state index in [4.69, 9.17) is 8.83 Å². The van der Waals surface area contributed by atoms with Crippen molar-refractivity contribution in [3.63, 3.8) is 0 Å². The zero-order chi connectivity index (χ0) is 17.1. The first-order valence-electron chi connectivity index (χ1n) is 7.38. The molecule has 2 heterocycles. The van der Waals surface area contributed by atoms with E-state index in [-0.39, 0.29) is 0 Å². The molecule has 0 spiro atoms. The van der Waals surface area contributed by atoms with Crippen molar-refractivity contribution >= 4 is 27.7 Å². The highest BCUT2D eigenvalue weighted by molar-refractivity contribution is 9.10. The number of rotatable bonds is 5. The molecule has 2 aromatic carbocycles. The Kier molecular flexibility index (Phi) is 4.62. The molecule has 4 rings (SSSR count). The van der Waals surface area contributed by atoms with Crippen molar-refractivity contribution in [2.45, 2.75) is 11.0 Å². The fourth-order valence-electron chi connectivity index (χ4n) is 2.14. The van der Waals surface area contributed by atoms with Crippen molar-refractivity contribution in [3.05, 3.63) is 65.0 Å². The van der Waals surface area contributed by atoms with Crippen LogP contribution in [0.1, 0.15) is 5.89 Å². The number of hydrogen-bond donors (Lipinski definition) is 0. The van der Waals surface area contributed by atoms with Crippen LogP contribution < -0.4 is 0 Å². The van der Waals surface area contributed by atoms with Crippen LogP contribution in [0.2, 0.25) is 0 Å². The Hall–Kier alpha value is -2.45. The van der Waals surface area contributed by atoms with Crippen LogP contribution in [0.3, 0.4) is 0 Å². The predicted octanol–water partition coefficient (Wildman–Crippen LogP) is 4.84. The summed E-state index contributed by atoms with van der Waals surface area (Å²) < 4.78 is 12.3. The average Bonchev–Trinajstić information content (AvgIpc) is 3.31. The molecule has 6 nitrogen and oxygen atoms in total. The lowest BCUT2D eigenvalue weighted by molar-refractivity contribution is 0.464. The molecule has 0 aliphatic carbocycles. The molecule has 0 amide bonds. The van der Waals surface area contributed by atoms with Gasteiger partial charge >= 0.3 is 0 Å². The van der Waals surface area contributed by atoms with Gasteiger partial charge in [0.15, 0.2) is 0 Å². The summed E-state index contributed by atoms with van der Waals surface area (Å²) in [6, 6.07) is 17.3. The van der Waals surface area contributed by atoms with E-state index < -0.39 is 0 Å². The lowest BCUT2D eigenvalue weighted by Crippen LogP contribution is -1.80. The maximum absolute atomic E-state index is 5.70. The van der Waals surface area contributed by atoms with Crippen molar-refractivity contribution in [2.75, 3.05) is 0 Å². The third-order valence-electron chi connectivity index (χ3n) is 3.32. The Labute approximate surface area is 155 Å². The molecule has 0 saturated heterocycles. The summed E-state index contributed by atoms with van der Waals surface area (Å²) in [6.07, 6.45) is 0. The summed E-state index contributed by atoms with van der Waals surface area (Å²) in [6.45, 7) is 0. The first-order chi connectivity index (χ1) is 12.3. The first-order valence-corrected chi connectivity index (χ1v) is 9.16. The Morgan fingerprint density at radius 2 is 1.56 bits per heavy atom. The van der Waals surface area contributed by atoms with Gasteiger partial charge in [-0.3, -0.25) is 0 Å². The van der Waals surface area contributed by atoms with Crippen molar-refractivity contribution < 1.29 is 8.83 Å². The van der Waals surface area contributed by atoms with Gasteiger partial charge in [-0.15, -0.1) is 20.4 Å². The largest absolute Gasteiger partial charge is 0.420 e. The van der Waals surface area contributed by atoms with E-state index >= 15 is 0 Å². The normalized spacial score (nSPS) is 10.9. The average molecular weight is 415 g/mol. The van der Waals surface area contributed by atoms with E-state index in [1.54, 1.807) is 0 Å². The summed E-state index contributed by atoms with van der Waals surface area (Å²) in [4.78, 5) is 0. The quantitative estimate of drug-likeness (QED) is 0.432. The molecule has 0 unspecified atom stereocenters. The third kappa shape index (κ3) is 3.64. The Bertz CT molecular complexity index is 987. The van der Waals surface area contributed by atoms with Crippen LogP contribution in [0, 0.1) is 0 Å². The SMILES string of the molecule is Brc1ccccc1-c1nnc(CSc2nnc(-c3ccccc3)o2)o1. The maximum Gasteiger partial charge on any atom is 0.277 e. The molecular weight excluding hydrogens is 404 g/mol. The summed E-state index contributed by atoms with van der Waals surface area (Å²) in [5.41, 5.74) is 1.74. The molecule has 2 aromatic heterocycles. The highest BCUT2D eigenvalue weighted by Gasteiger charge is 2.14. The number of hydrogen-bond acceptors (Lipinski definition) is 7. The minimum atomic E-state index is 0.452. The molecule has 0 saturated carbocycles. The molecule has 4 aromatic rings. The van der Waals surface area contributed by atoms with Gasteiger partial charge < -0.3 is 8.83 Å². The van der Waals surface area contributed by atoms with Gasteiger partial charge in [0, 0.05) is 10.0 Å². The lowest BCUT2D eigenvalue weighted by Gasteiger charge is -1.97. The summed E-state index contributed by atoms with van der Waals surface area (Å²) in [5.74, 6) is 1.91. The van der Waals surface area contributed by atoms with Crippen LogP contribution in [0.4, 0.5) is 0 Å². The number of aromatic nitrogens is 4. The fourth-order valence-corrected chi connectivity index (χ4v) is 3.20. The zero-order valence-electron chi connectivity index (χ0n) is 12.8. The molecule has 0 N–H and O–H groups in total. The van der Waals surface area contributed by atoms with Gasteiger partial charge in [-0.1, -0.05) is 42.1 Å². The van der Waals surface area contributed by atoms with Gasteiger partial charge in [-0.2, -0.15) is 0 Å². The van der Waals surface area contributed by atoms with Crippen LogP contribution >= 0.6 is 27.7 Å². The number of thioether (sulfide) groups is 1. The Balaban J connectivity index is 1.44. The van der Waals surface area contributed by atoms with Gasteiger partial charge in [0.25, 0.3) is 5.22 Å². The number of benzene rings is 2. The smallest absolute Gasteiger partial charge is 0.277 e. The molecule has 0 bridgehead atoms. The number of halogens is 1. The third-order valence-corrected chi connectivity index (χ3v) is 4.81. The maximum atomic E-state index is 5.70. The van der Waals surface area contributed by atoms with Gasteiger partial charge in [0.05, 0.1) is 11.3 Å². The minimum absolute atomic E-state index is 0.452. The van der Waals surface area contributed by atoms with Crippen molar-refractivity contribution in [3.8, 4) is 22.9 Å². The summed E-state index contributed by atoms with van der Waals surface area (Å²) >= 11 is 4.83. The van der Waals surface area contributed by atoms with E-state index in [9.17, 15) is 0 Å². The van der Waals surface area contributed by atoms with Gasteiger partial charge in [0.1, 0.15) is 0 Å². The van der Waals surface area contributed by atoms with Crippen LogP contribution in [0.15, 0.2) is 73.1 Å². The molecule has 0 atom stereocenters. The number of nitrogens with zero attached hydrogens (tertiary/aromatic N) is 4. The Morgan fingerprint density at radius 3 is 2.40 bits per heavy atom. The predicted molar refractivity (Wildman–Crippen MR) is 96.7 cm³/mol. The molecule has 0 fully saturated rings. The topological polar surface area (TPSA) is 77.8 Å². The highest BCUT2D eigenvalue weighted by atomic mass is 79.9. The van der Waals surface area contributed by atoms with E-state index in [1.807, 2.05) is 54.6 Å². The molecule has 0 aliphatic heterocycles. The van der Waals surface area contributed by atoms with Crippen LogP contribution in [0.5, 0.6) is 0 Å². The van der Waals surface area contributed by atoms with Crippen molar-refractivity contribution in [1.29, 1.82) is 0 Å².